The van der Waals surface area contributed by atoms with Crippen molar-refractivity contribution < 1.29 is 17.9 Å². The van der Waals surface area contributed by atoms with Gasteiger partial charge in [0.1, 0.15) is 0 Å². The lowest BCUT2D eigenvalue weighted by Gasteiger charge is -2.27. The Bertz CT molecular complexity index is 417. The van der Waals surface area contributed by atoms with Crippen molar-refractivity contribution in [2.75, 3.05) is 37.0 Å². The topological polar surface area (TPSA) is 43.2 Å². The molecule has 2 heterocycles. The van der Waals surface area contributed by atoms with Crippen molar-refractivity contribution in [3.63, 3.8) is 0 Å². The second-order valence-electron chi connectivity index (χ2n) is 4.15. The molecule has 0 radical (unpaired) electrons. The van der Waals surface area contributed by atoms with E-state index in [4.69, 9.17) is 4.74 Å². The summed E-state index contributed by atoms with van der Waals surface area (Å²) >= 11 is 1.07. The number of hydrogen-bond acceptors (Lipinski definition) is 5. The van der Waals surface area contributed by atoms with Crippen LogP contribution in [0.25, 0.3) is 0 Å². The largest absolute Gasteiger partial charge is 0.389 e. The van der Waals surface area contributed by atoms with E-state index in [1.54, 1.807) is 11.6 Å². The quantitative estimate of drug-likeness (QED) is 0.791. The Labute approximate surface area is 113 Å². The zero-order chi connectivity index (χ0) is 13.9. The standard InChI is InChI=1S/C10H15F3N4OS/c1-16-8(17-3-5-18-6-4-17)14-15-9(16)19-7-2-10(11,12)13/h2-7H2,1H3. The first-order valence-corrected chi connectivity index (χ1v) is 6.87. The Morgan fingerprint density at radius 2 is 1.95 bits per heavy atom. The van der Waals surface area contributed by atoms with Crippen molar-refractivity contribution in [2.24, 2.45) is 7.05 Å². The fourth-order valence-corrected chi connectivity index (χ4v) is 2.62. The molecule has 2 rings (SSSR count). The number of nitrogens with zero attached hydrogens (tertiary/aromatic N) is 4. The van der Waals surface area contributed by atoms with Crippen LogP contribution in [0.5, 0.6) is 0 Å². The summed E-state index contributed by atoms with van der Waals surface area (Å²) in [6.07, 6.45) is -4.95. The average Bonchev–Trinajstić information content (AvgIpc) is 2.71. The maximum atomic E-state index is 12.1. The first kappa shape index (κ1) is 14.4. The minimum absolute atomic E-state index is 0.0431. The number of hydrogen-bond donors (Lipinski definition) is 0. The van der Waals surface area contributed by atoms with Gasteiger partial charge < -0.3 is 9.64 Å². The molecule has 0 unspecified atom stereocenters. The van der Waals surface area contributed by atoms with Crippen molar-refractivity contribution in [3.8, 4) is 0 Å². The molecule has 0 aromatic carbocycles. The molecule has 0 atom stereocenters. The van der Waals surface area contributed by atoms with E-state index in [9.17, 15) is 13.2 Å². The van der Waals surface area contributed by atoms with E-state index in [2.05, 4.69) is 10.2 Å². The van der Waals surface area contributed by atoms with Crippen LogP contribution < -0.4 is 4.90 Å². The number of rotatable bonds is 4. The van der Waals surface area contributed by atoms with Crippen LogP contribution in [0.3, 0.4) is 0 Å². The van der Waals surface area contributed by atoms with Gasteiger partial charge >= 0.3 is 6.18 Å². The third-order valence-corrected chi connectivity index (χ3v) is 3.74. The molecule has 0 aliphatic carbocycles. The van der Waals surface area contributed by atoms with Gasteiger partial charge in [0.05, 0.1) is 19.6 Å². The number of anilines is 1. The normalized spacial score (nSPS) is 16.9. The summed E-state index contributed by atoms with van der Waals surface area (Å²) in [4.78, 5) is 2.02. The van der Waals surface area contributed by atoms with Crippen LogP contribution >= 0.6 is 11.8 Å². The van der Waals surface area contributed by atoms with Crippen LogP contribution in [0.1, 0.15) is 6.42 Å². The zero-order valence-corrected chi connectivity index (χ0v) is 11.3. The number of halogens is 3. The smallest absolute Gasteiger partial charge is 0.378 e. The Morgan fingerprint density at radius 3 is 2.58 bits per heavy atom. The molecule has 1 aliphatic rings. The van der Waals surface area contributed by atoms with Gasteiger partial charge in [0.15, 0.2) is 5.16 Å². The molecule has 0 saturated carbocycles. The summed E-state index contributed by atoms with van der Waals surface area (Å²) in [7, 11) is 1.76. The maximum Gasteiger partial charge on any atom is 0.389 e. The average molecular weight is 296 g/mol. The van der Waals surface area contributed by atoms with Crippen LogP contribution in [0.4, 0.5) is 19.1 Å². The highest BCUT2D eigenvalue weighted by molar-refractivity contribution is 7.99. The lowest BCUT2D eigenvalue weighted by Crippen LogP contribution is -2.37. The predicted octanol–water partition coefficient (Wildman–Crippen LogP) is 1.70. The Hall–Kier alpha value is -0.960. The van der Waals surface area contributed by atoms with Crippen LogP contribution in [0.2, 0.25) is 0 Å². The van der Waals surface area contributed by atoms with Gasteiger partial charge in [-0.2, -0.15) is 13.2 Å². The van der Waals surface area contributed by atoms with Crippen molar-refractivity contribution in [1.82, 2.24) is 14.8 Å². The van der Waals surface area contributed by atoms with E-state index >= 15 is 0 Å². The second-order valence-corrected chi connectivity index (χ2v) is 5.22. The highest BCUT2D eigenvalue weighted by atomic mass is 32.2. The number of aromatic nitrogens is 3. The summed E-state index contributed by atoms with van der Waals surface area (Å²) in [5, 5.41) is 8.48. The molecule has 19 heavy (non-hydrogen) atoms. The van der Waals surface area contributed by atoms with Gasteiger partial charge in [-0.15, -0.1) is 10.2 Å². The predicted molar refractivity (Wildman–Crippen MR) is 65.4 cm³/mol. The van der Waals surface area contributed by atoms with E-state index in [1.165, 1.54) is 0 Å². The molecule has 1 saturated heterocycles. The van der Waals surface area contributed by atoms with Gasteiger partial charge in [0, 0.05) is 25.9 Å². The molecular formula is C10H15F3N4OS. The molecular weight excluding hydrogens is 281 g/mol. The fourth-order valence-electron chi connectivity index (χ4n) is 1.73. The third-order valence-electron chi connectivity index (χ3n) is 2.72. The summed E-state index contributed by atoms with van der Waals surface area (Å²) in [5.74, 6) is 0.635. The monoisotopic (exact) mass is 296 g/mol. The summed E-state index contributed by atoms with van der Waals surface area (Å²) in [5.41, 5.74) is 0. The van der Waals surface area contributed by atoms with Crippen LogP contribution in [-0.2, 0) is 11.8 Å². The molecule has 1 fully saturated rings. The van der Waals surface area contributed by atoms with Gasteiger partial charge in [-0.25, -0.2) is 0 Å². The summed E-state index contributed by atoms with van der Waals surface area (Å²) < 4.78 is 43.2. The minimum Gasteiger partial charge on any atom is -0.378 e. The first-order chi connectivity index (χ1) is 8.97. The Morgan fingerprint density at radius 1 is 1.26 bits per heavy atom. The number of thioether (sulfide) groups is 1. The minimum atomic E-state index is -4.13. The fraction of sp³-hybridized carbons (Fsp3) is 0.800. The SMILES string of the molecule is Cn1c(SCCC(F)(F)F)nnc1N1CCOCC1. The van der Waals surface area contributed by atoms with Crippen molar-refractivity contribution in [2.45, 2.75) is 17.8 Å². The van der Waals surface area contributed by atoms with Crippen LogP contribution in [0.15, 0.2) is 5.16 Å². The molecule has 1 aliphatic heterocycles. The van der Waals surface area contributed by atoms with Crippen molar-refractivity contribution >= 4 is 17.7 Å². The summed E-state index contributed by atoms with van der Waals surface area (Å²) in [6.45, 7) is 2.70. The van der Waals surface area contributed by atoms with E-state index in [0.29, 0.717) is 24.3 Å². The second kappa shape index (κ2) is 6.00. The molecule has 9 heteroatoms. The molecule has 1 aromatic rings. The molecule has 1 aromatic heterocycles. The molecule has 108 valence electrons. The molecule has 0 N–H and O–H groups in total. The van der Waals surface area contributed by atoms with E-state index in [0.717, 1.165) is 24.9 Å². The van der Waals surface area contributed by atoms with Crippen LogP contribution in [-0.4, -0.2) is 53.0 Å². The summed E-state index contributed by atoms with van der Waals surface area (Å²) in [6, 6.07) is 0. The first-order valence-electron chi connectivity index (χ1n) is 5.89. The van der Waals surface area contributed by atoms with Gasteiger partial charge in [-0.1, -0.05) is 11.8 Å². The van der Waals surface area contributed by atoms with Crippen LogP contribution in [0, 0.1) is 0 Å². The van der Waals surface area contributed by atoms with E-state index in [-0.39, 0.29) is 5.75 Å². The lowest BCUT2D eigenvalue weighted by atomic mass is 10.4. The zero-order valence-electron chi connectivity index (χ0n) is 10.5. The van der Waals surface area contributed by atoms with Crippen molar-refractivity contribution in [1.29, 1.82) is 0 Å². The maximum absolute atomic E-state index is 12.1. The third kappa shape index (κ3) is 4.00. The molecule has 0 amide bonds. The molecule has 0 spiro atoms. The molecule has 0 bridgehead atoms. The Kier molecular flexibility index (Phi) is 4.56. The van der Waals surface area contributed by atoms with Gasteiger partial charge in [-0.05, 0) is 0 Å². The number of ether oxygens (including phenoxy) is 1. The highest BCUT2D eigenvalue weighted by Gasteiger charge is 2.27. The van der Waals surface area contributed by atoms with Crippen molar-refractivity contribution in [3.05, 3.63) is 0 Å². The number of morpholine rings is 1. The van der Waals surface area contributed by atoms with Gasteiger partial charge in [-0.3, -0.25) is 4.57 Å². The van der Waals surface area contributed by atoms with E-state index in [1.807, 2.05) is 4.90 Å². The number of alkyl halides is 3. The van der Waals surface area contributed by atoms with Gasteiger partial charge in [0.2, 0.25) is 5.95 Å². The highest BCUT2D eigenvalue weighted by Crippen LogP contribution is 2.26. The molecule has 5 nitrogen and oxygen atoms in total. The van der Waals surface area contributed by atoms with E-state index < -0.39 is 12.6 Å². The Balaban J connectivity index is 1.94. The van der Waals surface area contributed by atoms with Gasteiger partial charge in [0.25, 0.3) is 0 Å². The lowest BCUT2D eigenvalue weighted by molar-refractivity contribution is -0.129.